The molecule has 1 atom stereocenters. The number of hydrogen-bond donors (Lipinski definition) is 3. The van der Waals surface area contributed by atoms with Crippen LogP contribution in [0.3, 0.4) is 0 Å². The minimum absolute atomic E-state index is 0.00929. The molecular formula is C15H17ClN4O3S. The number of benzene rings is 1. The van der Waals surface area contributed by atoms with Gasteiger partial charge in [0, 0.05) is 25.5 Å². The molecule has 0 saturated heterocycles. The van der Waals surface area contributed by atoms with Gasteiger partial charge in [0.2, 0.25) is 0 Å². The van der Waals surface area contributed by atoms with E-state index in [0.29, 0.717) is 12.2 Å². The van der Waals surface area contributed by atoms with Crippen molar-refractivity contribution in [3.8, 4) is 0 Å². The van der Waals surface area contributed by atoms with E-state index in [1.807, 2.05) is 24.3 Å². The fourth-order valence-electron chi connectivity index (χ4n) is 2.23. The summed E-state index contributed by atoms with van der Waals surface area (Å²) in [4.78, 5) is 17.0. The Morgan fingerprint density at radius 1 is 1.46 bits per heavy atom. The Balaban J connectivity index is 2.23. The predicted octanol–water partition coefficient (Wildman–Crippen LogP) is 2.06. The first kappa shape index (κ1) is 18.2. The van der Waals surface area contributed by atoms with Crippen molar-refractivity contribution >= 4 is 40.0 Å². The summed E-state index contributed by atoms with van der Waals surface area (Å²) in [5, 5.41) is 3.35. The summed E-state index contributed by atoms with van der Waals surface area (Å²) in [6.07, 6.45) is 1.32. The third kappa shape index (κ3) is 4.67. The summed E-state index contributed by atoms with van der Waals surface area (Å²) in [5.74, 6) is -0.618. The number of carbonyl (C=O) groups is 1. The molecule has 0 fully saturated rings. The monoisotopic (exact) mass is 368 g/mol. The zero-order valence-corrected chi connectivity index (χ0v) is 14.5. The molecule has 0 radical (unpaired) electrons. The third-order valence-electron chi connectivity index (χ3n) is 3.31. The van der Waals surface area contributed by atoms with Crippen LogP contribution in [-0.4, -0.2) is 32.6 Å². The highest BCUT2D eigenvalue weighted by Crippen LogP contribution is 2.23. The molecule has 1 amide bonds. The van der Waals surface area contributed by atoms with E-state index >= 15 is 0 Å². The lowest BCUT2D eigenvalue weighted by Gasteiger charge is -2.21. The number of nitrogens with zero attached hydrogens (tertiary/aromatic N) is 2. The second-order valence-electron chi connectivity index (χ2n) is 5.05. The highest BCUT2D eigenvalue weighted by Gasteiger charge is 2.12. The molecule has 9 heteroatoms. The molecule has 1 heterocycles. The number of pyridine rings is 1. The predicted molar refractivity (Wildman–Crippen MR) is 95.6 cm³/mol. The van der Waals surface area contributed by atoms with Gasteiger partial charge >= 0.3 is 0 Å². The Bertz CT molecular complexity index is 772. The van der Waals surface area contributed by atoms with E-state index in [2.05, 4.69) is 10.3 Å². The molecule has 0 aliphatic carbocycles. The van der Waals surface area contributed by atoms with E-state index in [-0.39, 0.29) is 16.6 Å². The molecule has 2 rings (SSSR count). The number of anilines is 2. The van der Waals surface area contributed by atoms with Crippen molar-refractivity contribution in [2.75, 3.05) is 23.1 Å². The Morgan fingerprint density at radius 3 is 2.83 bits per heavy atom. The van der Waals surface area contributed by atoms with Crippen molar-refractivity contribution in [2.24, 2.45) is 5.73 Å². The summed E-state index contributed by atoms with van der Waals surface area (Å²) >= 11 is 3.93. The molecule has 1 unspecified atom stereocenters. The van der Waals surface area contributed by atoms with Gasteiger partial charge in [0.1, 0.15) is 11.0 Å². The molecular weight excluding hydrogens is 352 g/mol. The minimum Gasteiger partial charge on any atom is -0.380 e. The average Bonchev–Trinajstić information content (AvgIpc) is 2.52. The van der Waals surface area contributed by atoms with Gasteiger partial charge in [-0.15, -0.1) is 0 Å². The lowest BCUT2D eigenvalue weighted by Crippen LogP contribution is -2.23. The molecule has 0 bridgehead atoms. The van der Waals surface area contributed by atoms with Gasteiger partial charge in [0.05, 0.1) is 11.3 Å². The van der Waals surface area contributed by atoms with Gasteiger partial charge in [-0.1, -0.05) is 29.8 Å². The number of hydrogen-bond acceptors (Lipinski definition) is 5. The van der Waals surface area contributed by atoms with Crippen LogP contribution in [0.15, 0.2) is 36.5 Å². The van der Waals surface area contributed by atoms with Crippen LogP contribution < -0.4 is 16.0 Å². The smallest absolute Gasteiger partial charge is 0.252 e. The number of aromatic nitrogens is 1. The molecule has 2 aromatic rings. The van der Waals surface area contributed by atoms with Crippen LogP contribution in [0.25, 0.3) is 0 Å². The van der Waals surface area contributed by atoms with Crippen LogP contribution in [0.2, 0.25) is 5.15 Å². The van der Waals surface area contributed by atoms with E-state index in [9.17, 15) is 9.00 Å². The summed E-state index contributed by atoms with van der Waals surface area (Å²) in [7, 11) is 1.73. The second-order valence-corrected chi connectivity index (χ2v) is 6.34. The van der Waals surface area contributed by atoms with Gasteiger partial charge in [-0.05, 0) is 17.7 Å². The zero-order valence-electron chi connectivity index (χ0n) is 12.9. The maximum Gasteiger partial charge on any atom is 0.252 e. The highest BCUT2D eigenvalue weighted by molar-refractivity contribution is 7.79. The zero-order chi connectivity index (χ0) is 17.7. The lowest BCUT2D eigenvalue weighted by molar-refractivity contribution is 0.100. The standard InChI is InChI=1S/C15H17ClN4O3S/c1-20(9-24(22)23)13-5-3-2-4-10(13)7-18-12-6-14(16)19-8-11(12)15(17)21/h2-6,8H,7,9H2,1H3,(H2,17,21)(H,18,19)(H,22,23). The number of carbonyl (C=O) groups excluding carboxylic acids is 1. The maximum absolute atomic E-state index is 11.5. The molecule has 0 spiro atoms. The quantitative estimate of drug-likeness (QED) is 0.510. The number of halogens is 1. The summed E-state index contributed by atoms with van der Waals surface area (Å²) in [6.45, 7) is 0.374. The summed E-state index contributed by atoms with van der Waals surface area (Å²) in [5.41, 5.74) is 7.73. The Labute approximate surface area is 147 Å². The van der Waals surface area contributed by atoms with Crippen LogP contribution >= 0.6 is 11.6 Å². The third-order valence-corrected chi connectivity index (χ3v) is 4.13. The number of rotatable bonds is 7. The average molecular weight is 369 g/mol. The van der Waals surface area contributed by atoms with E-state index in [4.69, 9.17) is 21.9 Å². The van der Waals surface area contributed by atoms with Crippen LogP contribution in [0, 0.1) is 0 Å². The highest BCUT2D eigenvalue weighted by atomic mass is 35.5. The number of nitrogens with one attached hydrogen (secondary N) is 1. The molecule has 0 saturated carbocycles. The number of amides is 1. The Morgan fingerprint density at radius 2 is 2.17 bits per heavy atom. The van der Waals surface area contributed by atoms with Crippen molar-refractivity contribution in [2.45, 2.75) is 6.54 Å². The molecule has 0 aliphatic heterocycles. The molecule has 0 aliphatic rings. The van der Waals surface area contributed by atoms with Crippen molar-refractivity contribution in [1.29, 1.82) is 0 Å². The molecule has 24 heavy (non-hydrogen) atoms. The second kappa shape index (κ2) is 8.09. The first-order chi connectivity index (χ1) is 11.4. The number of para-hydroxylation sites is 1. The first-order valence-electron chi connectivity index (χ1n) is 6.94. The van der Waals surface area contributed by atoms with Gasteiger partial charge in [-0.2, -0.15) is 0 Å². The first-order valence-corrected chi connectivity index (χ1v) is 8.59. The molecule has 128 valence electrons. The largest absolute Gasteiger partial charge is 0.380 e. The van der Waals surface area contributed by atoms with Crippen LogP contribution in [0.1, 0.15) is 15.9 Å². The lowest BCUT2D eigenvalue weighted by atomic mass is 10.1. The van der Waals surface area contributed by atoms with Gasteiger partial charge in [-0.3, -0.25) is 4.79 Å². The number of primary amides is 1. The minimum atomic E-state index is -1.94. The SMILES string of the molecule is CN(CS(=O)O)c1ccccc1CNc1cc(Cl)ncc1C(N)=O. The van der Waals surface area contributed by atoms with Gasteiger partial charge in [0.15, 0.2) is 11.1 Å². The van der Waals surface area contributed by atoms with Crippen molar-refractivity contribution in [1.82, 2.24) is 4.98 Å². The summed E-state index contributed by atoms with van der Waals surface area (Å²) in [6, 6.07) is 8.95. The van der Waals surface area contributed by atoms with Crippen molar-refractivity contribution in [3.05, 3.63) is 52.8 Å². The van der Waals surface area contributed by atoms with Gasteiger partial charge in [0.25, 0.3) is 5.91 Å². The molecule has 1 aromatic heterocycles. The Hall–Kier alpha value is -2.16. The van der Waals surface area contributed by atoms with E-state index < -0.39 is 17.0 Å². The van der Waals surface area contributed by atoms with Crippen LogP contribution in [0.5, 0.6) is 0 Å². The Kier molecular flexibility index (Phi) is 6.13. The number of nitrogens with two attached hydrogens (primary N) is 1. The van der Waals surface area contributed by atoms with Crippen molar-refractivity contribution < 1.29 is 13.6 Å². The van der Waals surface area contributed by atoms with Crippen molar-refractivity contribution in [3.63, 3.8) is 0 Å². The topological polar surface area (TPSA) is 109 Å². The maximum atomic E-state index is 11.5. The normalized spacial score (nSPS) is 11.8. The van der Waals surface area contributed by atoms with E-state index in [1.165, 1.54) is 12.3 Å². The van der Waals surface area contributed by atoms with Crippen LogP contribution in [0.4, 0.5) is 11.4 Å². The van der Waals surface area contributed by atoms with Crippen LogP contribution in [-0.2, 0) is 17.6 Å². The molecule has 4 N–H and O–H groups in total. The van der Waals surface area contributed by atoms with Gasteiger partial charge in [-0.25, -0.2) is 9.19 Å². The molecule has 1 aromatic carbocycles. The van der Waals surface area contributed by atoms with E-state index in [0.717, 1.165) is 11.3 Å². The fourth-order valence-corrected chi connectivity index (χ4v) is 2.86. The summed E-state index contributed by atoms with van der Waals surface area (Å²) < 4.78 is 20.1. The van der Waals surface area contributed by atoms with Gasteiger partial charge < -0.3 is 20.5 Å². The van der Waals surface area contributed by atoms with E-state index in [1.54, 1.807) is 11.9 Å². The fraction of sp³-hybridized carbons (Fsp3) is 0.200. The molecule has 7 nitrogen and oxygen atoms in total.